The van der Waals surface area contributed by atoms with Gasteiger partial charge in [-0.1, -0.05) is 63.2 Å². The number of amides is 3. The van der Waals surface area contributed by atoms with Crippen LogP contribution in [0, 0.1) is 5.41 Å². The largest absolute Gasteiger partial charge is 0.345 e. The molecule has 3 amide bonds. The molecule has 0 radical (unpaired) electrons. The van der Waals surface area contributed by atoms with Crippen LogP contribution in [0.3, 0.4) is 0 Å². The summed E-state index contributed by atoms with van der Waals surface area (Å²) in [6.45, 7) is 9.33. The molecule has 0 bridgehead atoms. The second-order valence-corrected chi connectivity index (χ2v) is 9.00. The van der Waals surface area contributed by atoms with Gasteiger partial charge < -0.3 is 5.32 Å². The van der Waals surface area contributed by atoms with Gasteiger partial charge >= 0.3 is 0 Å². The Labute approximate surface area is 177 Å². The van der Waals surface area contributed by atoms with E-state index >= 15 is 0 Å². The Morgan fingerprint density at radius 1 is 1.03 bits per heavy atom. The normalized spacial score (nSPS) is 16.8. The zero-order chi connectivity index (χ0) is 22.1. The van der Waals surface area contributed by atoms with E-state index in [-0.39, 0.29) is 17.2 Å². The van der Waals surface area contributed by atoms with Gasteiger partial charge in [0.1, 0.15) is 6.04 Å². The minimum atomic E-state index is -0.777. The lowest BCUT2D eigenvalue weighted by molar-refractivity contribution is -0.131. The summed E-state index contributed by atoms with van der Waals surface area (Å²) in [6, 6.07) is 14.5. The Kier molecular flexibility index (Phi) is 5.97. The highest BCUT2D eigenvalue weighted by Gasteiger charge is 2.33. The van der Waals surface area contributed by atoms with Crippen LogP contribution in [0.25, 0.3) is 11.1 Å². The van der Waals surface area contributed by atoms with Crippen molar-refractivity contribution in [2.24, 2.45) is 5.41 Å². The molecular formula is C24H29N3O3. The lowest BCUT2D eigenvalue weighted by Gasteiger charge is -2.27. The summed E-state index contributed by atoms with van der Waals surface area (Å²) in [5.74, 6) is -1.30. The fourth-order valence-corrected chi connectivity index (χ4v) is 3.62. The molecule has 2 atom stereocenters. The highest BCUT2D eigenvalue weighted by atomic mass is 16.2. The third kappa shape index (κ3) is 4.53. The molecule has 6 heteroatoms. The van der Waals surface area contributed by atoms with E-state index < -0.39 is 17.9 Å². The standard InChI is InChI=1S/C24H29N3O3/c1-15-17-10-6-7-11-18(17)19-12-8-9-13-20(19)27(23(15)30)26-22(29)16(2)25-21(28)14-24(3,4)5/h6-13,15-16H,14H2,1-5H3,(H,25,28)(H,26,29)/t15?,16-/m0/s1. The molecule has 0 saturated heterocycles. The van der Waals surface area contributed by atoms with Gasteiger partial charge in [-0.3, -0.25) is 19.8 Å². The van der Waals surface area contributed by atoms with E-state index in [2.05, 4.69) is 10.7 Å². The summed E-state index contributed by atoms with van der Waals surface area (Å²) in [4.78, 5) is 38.3. The summed E-state index contributed by atoms with van der Waals surface area (Å²) >= 11 is 0. The van der Waals surface area contributed by atoms with Crippen molar-refractivity contribution in [1.29, 1.82) is 0 Å². The number of para-hydroxylation sites is 1. The fraction of sp³-hybridized carbons (Fsp3) is 0.375. The molecule has 3 rings (SSSR count). The van der Waals surface area contributed by atoms with E-state index in [1.807, 2.05) is 76.2 Å². The first-order valence-electron chi connectivity index (χ1n) is 10.2. The van der Waals surface area contributed by atoms with Crippen molar-refractivity contribution in [2.75, 3.05) is 5.01 Å². The van der Waals surface area contributed by atoms with Crippen LogP contribution in [0.5, 0.6) is 0 Å². The van der Waals surface area contributed by atoms with Gasteiger partial charge in [0.15, 0.2) is 0 Å². The smallest absolute Gasteiger partial charge is 0.261 e. The Hall–Kier alpha value is -3.15. The topological polar surface area (TPSA) is 78.5 Å². The predicted octanol–water partition coefficient (Wildman–Crippen LogP) is 3.78. The fourth-order valence-electron chi connectivity index (χ4n) is 3.62. The van der Waals surface area contributed by atoms with Crippen LogP contribution >= 0.6 is 0 Å². The van der Waals surface area contributed by atoms with Crippen molar-refractivity contribution in [2.45, 2.75) is 53.0 Å². The molecule has 6 nitrogen and oxygen atoms in total. The summed E-state index contributed by atoms with van der Waals surface area (Å²) in [7, 11) is 0. The minimum Gasteiger partial charge on any atom is -0.345 e. The molecule has 30 heavy (non-hydrogen) atoms. The molecule has 1 unspecified atom stereocenters. The lowest BCUT2D eigenvalue weighted by atomic mass is 9.92. The maximum atomic E-state index is 13.3. The van der Waals surface area contributed by atoms with Gasteiger partial charge in [0.2, 0.25) is 5.91 Å². The second-order valence-electron chi connectivity index (χ2n) is 9.00. The Bertz CT molecular complexity index is 978. The van der Waals surface area contributed by atoms with E-state index in [0.29, 0.717) is 12.1 Å². The maximum absolute atomic E-state index is 13.3. The van der Waals surface area contributed by atoms with Crippen LogP contribution in [0.1, 0.15) is 52.5 Å². The lowest BCUT2D eigenvalue weighted by Crippen LogP contribution is -2.54. The van der Waals surface area contributed by atoms with E-state index in [4.69, 9.17) is 0 Å². The highest BCUT2D eigenvalue weighted by Crippen LogP contribution is 2.39. The number of rotatable bonds is 4. The molecule has 0 fully saturated rings. The van der Waals surface area contributed by atoms with Gasteiger partial charge in [0.05, 0.1) is 11.6 Å². The third-order valence-corrected chi connectivity index (χ3v) is 5.14. The molecule has 0 aliphatic carbocycles. The van der Waals surface area contributed by atoms with Crippen molar-refractivity contribution in [3.63, 3.8) is 0 Å². The minimum absolute atomic E-state index is 0.179. The number of benzene rings is 2. The van der Waals surface area contributed by atoms with Crippen LogP contribution < -0.4 is 15.8 Å². The highest BCUT2D eigenvalue weighted by molar-refractivity contribution is 6.06. The van der Waals surface area contributed by atoms with Crippen LogP contribution in [0.15, 0.2) is 48.5 Å². The average Bonchev–Trinajstić information content (AvgIpc) is 2.76. The monoisotopic (exact) mass is 407 g/mol. The summed E-state index contributed by atoms with van der Waals surface area (Å²) in [5, 5.41) is 4.03. The number of nitrogens with one attached hydrogen (secondary N) is 2. The van der Waals surface area contributed by atoms with Crippen molar-refractivity contribution in [3.05, 3.63) is 54.1 Å². The zero-order valence-corrected chi connectivity index (χ0v) is 18.2. The number of anilines is 1. The average molecular weight is 408 g/mol. The summed E-state index contributed by atoms with van der Waals surface area (Å²) < 4.78 is 0. The molecule has 0 saturated carbocycles. The van der Waals surface area contributed by atoms with Crippen LogP contribution in [0.4, 0.5) is 5.69 Å². The van der Waals surface area contributed by atoms with Crippen molar-refractivity contribution >= 4 is 23.4 Å². The molecule has 2 aromatic rings. The quantitative estimate of drug-likeness (QED) is 0.810. The van der Waals surface area contributed by atoms with E-state index in [0.717, 1.165) is 16.7 Å². The van der Waals surface area contributed by atoms with Gasteiger partial charge in [-0.25, -0.2) is 5.01 Å². The SMILES string of the molecule is CC1C(=O)N(NC(=O)[C@H](C)NC(=O)CC(C)(C)C)c2ccccc2-c2ccccc21. The number of carbonyl (C=O) groups excluding carboxylic acids is 3. The Morgan fingerprint density at radius 2 is 1.63 bits per heavy atom. The molecular weight excluding hydrogens is 378 g/mol. The number of nitrogens with zero attached hydrogens (tertiary/aromatic N) is 1. The first kappa shape index (κ1) is 21.6. The first-order valence-corrected chi connectivity index (χ1v) is 10.2. The third-order valence-electron chi connectivity index (χ3n) is 5.14. The number of carbonyl (C=O) groups is 3. The van der Waals surface area contributed by atoms with Crippen LogP contribution in [0.2, 0.25) is 0 Å². The molecule has 1 aliphatic heterocycles. The summed E-state index contributed by atoms with van der Waals surface area (Å²) in [5.41, 5.74) is 5.92. The maximum Gasteiger partial charge on any atom is 0.261 e. The zero-order valence-electron chi connectivity index (χ0n) is 18.2. The number of hydrogen-bond donors (Lipinski definition) is 2. The van der Waals surface area contributed by atoms with Crippen molar-refractivity contribution in [1.82, 2.24) is 10.7 Å². The molecule has 1 aliphatic rings. The van der Waals surface area contributed by atoms with Gasteiger partial charge in [0.25, 0.3) is 11.8 Å². The molecule has 0 spiro atoms. The van der Waals surface area contributed by atoms with Gasteiger partial charge in [0, 0.05) is 12.0 Å². The molecule has 2 aromatic carbocycles. The van der Waals surface area contributed by atoms with Crippen molar-refractivity contribution < 1.29 is 14.4 Å². The number of hydrogen-bond acceptors (Lipinski definition) is 3. The second kappa shape index (κ2) is 8.30. The molecule has 158 valence electrons. The van der Waals surface area contributed by atoms with Gasteiger partial charge in [-0.05, 0) is 36.5 Å². The molecule has 1 heterocycles. The van der Waals surface area contributed by atoms with Crippen LogP contribution in [-0.2, 0) is 14.4 Å². The predicted molar refractivity (Wildman–Crippen MR) is 118 cm³/mol. The van der Waals surface area contributed by atoms with Gasteiger partial charge in [-0.2, -0.15) is 0 Å². The molecule has 2 N–H and O–H groups in total. The number of fused-ring (bicyclic) bond motifs is 3. The van der Waals surface area contributed by atoms with E-state index in [9.17, 15) is 14.4 Å². The first-order chi connectivity index (χ1) is 14.1. The summed E-state index contributed by atoms with van der Waals surface area (Å²) in [6.07, 6.45) is 0.308. The number of hydrazine groups is 1. The Balaban J connectivity index is 1.86. The van der Waals surface area contributed by atoms with E-state index in [1.54, 1.807) is 6.92 Å². The molecule has 0 aromatic heterocycles. The van der Waals surface area contributed by atoms with Crippen molar-refractivity contribution in [3.8, 4) is 11.1 Å². The Morgan fingerprint density at radius 3 is 2.30 bits per heavy atom. The van der Waals surface area contributed by atoms with Crippen LogP contribution in [-0.4, -0.2) is 23.8 Å². The van der Waals surface area contributed by atoms with Gasteiger partial charge in [-0.15, -0.1) is 0 Å². The van der Waals surface area contributed by atoms with E-state index in [1.165, 1.54) is 5.01 Å².